The van der Waals surface area contributed by atoms with Gasteiger partial charge < -0.3 is 10.1 Å². The smallest absolute Gasteiger partial charge is 0.328 e. The number of ether oxygens (including phenoxy) is 1. The Morgan fingerprint density at radius 1 is 1.35 bits per heavy atom. The molecule has 0 aromatic heterocycles. The van der Waals surface area contributed by atoms with Gasteiger partial charge in [-0.25, -0.2) is 9.18 Å². The van der Waals surface area contributed by atoms with Crippen LogP contribution in [0.1, 0.15) is 38.1 Å². The molecule has 0 saturated carbocycles. The van der Waals surface area contributed by atoms with Gasteiger partial charge in [0.2, 0.25) is 0 Å². The summed E-state index contributed by atoms with van der Waals surface area (Å²) in [5.74, 6) is -1.90. The Balaban J connectivity index is 2.76. The van der Waals surface area contributed by atoms with Crippen LogP contribution in [0.25, 0.3) is 0 Å². The highest BCUT2D eigenvalue weighted by atomic mass is 79.9. The number of esters is 1. The van der Waals surface area contributed by atoms with Gasteiger partial charge in [-0.3, -0.25) is 4.79 Å². The molecule has 4 nitrogen and oxygen atoms in total. The van der Waals surface area contributed by atoms with E-state index in [0.717, 1.165) is 0 Å². The third-order valence-electron chi connectivity index (χ3n) is 2.30. The van der Waals surface area contributed by atoms with Crippen molar-refractivity contribution in [3.05, 3.63) is 34.1 Å². The van der Waals surface area contributed by atoms with Gasteiger partial charge in [0.05, 0.1) is 10.0 Å². The van der Waals surface area contributed by atoms with E-state index in [-0.39, 0.29) is 10.0 Å². The highest BCUT2D eigenvalue weighted by molar-refractivity contribution is 9.10. The van der Waals surface area contributed by atoms with Crippen LogP contribution in [0.15, 0.2) is 22.7 Å². The van der Waals surface area contributed by atoms with Crippen molar-refractivity contribution in [1.82, 2.24) is 5.32 Å². The van der Waals surface area contributed by atoms with Crippen molar-refractivity contribution < 1.29 is 18.7 Å². The van der Waals surface area contributed by atoms with E-state index in [4.69, 9.17) is 4.74 Å². The summed E-state index contributed by atoms with van der Waals surface area (Å²) in [7, 11) is 0. The fourth-order valence-corrected chi connectivity index (χ4v) is 1.77. The summed E-state index contributed by atoms with van der Waals surface area (Å²) in [4.78, 5) is 23.7. The molecule has 1 N–H and O–H groups in total. The minimum Gasteiger partial charge on any atom is -0.458 e. The fraction of sp³-hybridized carbons (Fsp3) is 0.429. The van der Waals surface area contributed by atoms with Gasteiger partial charge in [0.25, 0.3) is 5.91 Å². The van der Waals surface area contributed by atoms with Crippen molar-refractivity contribution in [3.8, 4) is 0 Å². The van der Waals surface area contributed by atoms with Gasteiger partial charge in [0, 0.05) is 0 Å². The molecule has 20 heavy (non-hydrogen) atoms. The average Bonchev–Trinajstić information content (AvgIpc) is 2.30. The van der Waals surface area contributed by atoms with E-state index in [2.05, 4.69) is 21.2 Å². The molecule has 0 bridgehead atoms. The second-order valence-electron chi connectivity index (χ2n) is 5.33. The lowest BCUT2D eigenvalue weighted by molar-refractivity contribution is -0.156. The summed E-state index contributed by atoms with van der Waals surface area (Å²) in [5, 5.41) is 2.41. The molecule has 0 aliphatic rings. The number of hydrogen-bond acceptors (Lipinski definition) is 3. The van der Waals surface area contributed by atoms with Gasteiger partial charge in [-0.1, -0.05) is 6.07 Å². The molecule has 0 fully saturated rings. The molecule has 1 aromatic carbocycles. The zero-order valence-electron chi connectivity index (χ0n) is 11.8. The predicted octanol–water partition coefficient (Wildman–Crippen LogP) is 3.05. The van der Waals surface area contributed by atoms with E-state index in [0.29, 0.717) is 0 Å². The van der Waals surface area contributed by atoms with Gasteiger partial charge in [-0.2, -0.15) is 0 Å². The monoisotopic (exact) mass is 345 g/mol. The summed E-state index contributed by atoms with van der Waals surface area (Å²) in [6, 6.07) is 3.51. The molecule has 0 saturated heterocycles. The van der Waals surface area contributed by atoms with Crippen molar-refractivity contribution in [2.75, 3.05) is 0 Å². The maximum atomic E-state index is 13.8. The van der Waals surface area contributed by atoms with Gasteiger partial charge in [0.1, 0.15) is 17.5 Å². The molecule has 0 unspecified atom stereocenters. The molecule has 1 aromatic rings. The maximum Gasteiger partial charge on any atom is 0.328 e. The van der Waals surface area contributed by atoms with Gasteiger partial charge >= 0.3 is 5.97 Å². The van der Waals surface area contributed by atoms with E-state index >= 15 is 0 Å². The number of benzene rings is 1. The second kappa shape index (κ2) is 6.35. The largest absolute Gasteiger partial charge is 0.458 e. The first-order valence-corrected chi connectivity index (χ1v) is 6.89. The molecule has 0 radical (unpaired) electrons. The highest BCUT2D eigenvalue weighted by Crippen LogP contribution is 2.18. The molecule has 6 heteroatoms. The fourth-order valence-electron chi connectivity index (χ4n) is 1.40. The van der Waals surface area contributed by atoms with E-state index in [1.807, 2.05) is 0 Å². The van der Waals surface area contributed by atoms with Crippen LogP contribution in [-0.4, -0.2) is 23.5 Å². The van der Waals surface area contributed by atoms with Crippen LogP contribution in [0, 0.1) is 5.82 Å². The number of nitrogens with one attached hydrogen (secondary N) is 1. The normalized spacial score (nSPS) is 12.7. The quantitative estimate of drug-likeness (QED) is 0.856. The van der Waals surface area contributed by atoms with E-state index in [1.54, 1.807) is 26.8 Å². The minimum atomic E-state index is -0.861. The topological polar surface area (TPSA) is 55.4 Å². The molecule has 1 rings (SSSR count). The van der Waals surface area contributed by atoms with Crippen LogP contribution >= 0.6 is 15.9 Å². The van der Waals surface area contributed by atoms with Crippen LogP contribution in [-0.2, 0) is 9.53 Å². The average molecular weight is 346 g/mol. The number of hydrogen-bond donors (Lipinski definition) is 1. The van der Waals surface area contributed by atoms with Crippen molar-refractivity contribution in [3.63, 3.8) is 0 Å². The molecular formula is C14H17BrFNO3. The minimum absolute atomic E-state index is 0.130. The number of rotatable bonds is 3. The first-order valence-electron chi connectivity index (χ1n) is 6.09. The van der Waals surface area contributed by atoms with Crippen LogP contribution in [0.5, 0.6) is 0 Å². The van der Waals surface area contributed by atoms with Gasteiger partial charge in [-0.05, 0) is 55.8 Å². The van der Waals surface area contributed by atoms with Crippen LogP contribution in [0.3, 0.4) is 0 Å². The van der Waals surface area contributed by atoms with Crippen LogP contribution in [0.2, 0.25) is 0 Å². The van der Waals surface area contributed by atoms with E-state index in [1.165, 1.54) is 19.1 Å². The van der Waals surface area contributed by atoms with Crippen molar-refractivity contribution in [2.45, 2.75) is 39.3 Å². The van der Waals surface area contributed by atoms with Gasteiger partial charge in [-0.15, -0.1) is 0 Å². The molecule has 0 aliphatic heterocycles. The Kier molecular flexibility index (Phi) is 5.28. The maximum absolute atomic E-state index is 13.8. The summed E-state index contributed by atoms with van der Waals surface area (Å²) < 4.78 is 19.1. The van der Waals surface area contributed by atoms with Crippen molar-refractivity contribution in [2.24, 2.45) is 0 Å². The number of carbonyl (C=O) groups excluding carboxylic acids is 2. The molecule has 1 atom stereocenters. The molecule has 0 spiro atoms. The number of halogens is 2. The molecule has 110 valence electrons. The third-order valence-corrected chi connectivity index (χ3v) is 2.92. The van der Waals surface area contributed by atoms with Crippen molar-refractivity contribution in [1.29, 1.82) is 0 Å². The van der Waals surface area contributed by atoms with Gasteiger partial charge in [0.15, 0.2) is 0 Å². The summed E-state index contributed by atoms with van der Waals surface area (Å²) in [5.41, 5.74) is -0.772. The number of carbonyl (C=O) groups is 2. The standard InChI is InChI=1S/C14H17BrFNO3/c1-8(13(19)20-14(2,3)4)17-12(18)9-6-5-7-10(15)11(9)16/h5-8H,1-4H3,(H,17,18)/t8-/m1/s1. The Morgan fingerprint density at radius 3 is 2.50 bits per heavy atom. The predicted molar refractivity (Wildman–Crippen MR) is 76.9 cm³/mol. The Morgan fingerprint density at radius 2 is 1.95 bits per heavy atom. The molecular weight excluding hydrogens is 329 g/mol. The SMILES string of the molecule is C[C@@H](NC(=O)c1cccc(Br)c1F)C(=O)OC(C)(C)C. The lowest BCUT2D eigenvalue weighted by atomic mass is 10.1. The Labute approximate surface area is 125 Å². The van der Waals surface area contributed by atoms with Crippen LogP contribution in [0.4, 0.5) is 4.39 Å². The summed E-state index contributed by atoms with van der Waals surface area (Å²) in [6.45, 7) is 6.68. The lowest BCUT2D eigenvalue weighted by Gasteiger charge is -2.22. The summed E-state index contributed by atoms with van der Waals surface area (Å²) >= 11 is 3.00. The Bertz CT molecular complexity index is 526. The molecule has 0 heterocycles. The van der Waals surface area contributed by atoms with Crippen molar-refractivity contribution >= 4 is 27.8 Å². The lowest BCUT2D eigenvalue weighted by Crippen LogP contribution is -2.42. The Hall–Kier alpha value is -1.43. The first kappa shape index (κ1) is 16.6. The molecule has 0 aliphatic carbocycles. The second-order valence-corrected chi connectivity index (χ2v) is 6.18. The third kappa shape index (κ3) is 4.59. The summed E-state index contributed by atoms with van der Waals surface area (Å²) in [6.07, 6.45) is 0. The number of amides is 1. The zero-order chi connectivity index (χ0) is 15.5. The highest BCUT2D eigenvalue weighted by Gasteiger charge is 2.24. The molecule has 1 amide bonds. The first-order chi connectivity index (χ1) is 9.11. The van der Waals surface area contributed by atoms with E-state index in [9.17, 15) is 14.0 Å². The zero-order valence-corrected chi connectivity index (χ0v) is 13.4. The van der Waals surface area contributed by atoms with E-state index < -0.39 is 29.3 Å². The van der Waals surface area contributed by atoms with Crippen LogP contribution < -0.4 is 5.32 Å².